The van der Waals surface area contributed by atoms with E-state index in [1.165, 1.54) is 41.8 Å². The number of hydrogen-bond acceptors (Lipinski definition) is 2. The van der Waals surface area contributed by atoms with Gasteiger partial charge in [0.25, 0.3) is 0 Å². The fraction of sp³-hybridized carbons (Fsp3) is 0.368. The smallest absolute Gasteiger partial charge is 0.0501 e. The van der Waals surface area contributed by atoms with Gasteiger partial charge < -0.3 is 10.2 Å². The van der Waals surface area contributed by atoms with Gasteiger partial charge in [0.15, 0.2) is 0 Å². The van der Waals surface area contributed by atoms with Crippen molar-refractivity contribution in [2.45, 2.75) is 25.3 Å². The molecule has 0 bridgehead atoms. The van der Waals surface area contributed by atoms with Crippen LogP contribution in [0.2, 0.25) is 0 Å². The molecule has 2 aliphatic rings. The number of rotatable bonds is 2. The Kier molecular flexibility index (Phi) is 3.40. The van der Waals surface area contributed by atoms with Gasteiger partial charge in [-0.3, -0.25) is 0 Å². The molecule has 2 aromatic carbocycles. The van der Waals surface area contributed by atoms with Crippen LogP contribution in [-0.2, 0) is 12.8 Å². The van der Waals surface area contributed by atoms with Gasteiger partial charge in [-0.15, -0.1) is 0 Å². The highest BCUT2D eigenvalue weighted by Crippen LogP contribution is 2.30. The zero-order valence-corrected chi connectivity index (χ0v) is 12.4. The maximum Gasteiger partial charge on any atom is 0.0501 e. The molecule has 0 aliphatic carbocycles. The van der Waals surface area contributed by atoms with Crippen molar-refractivity contribution < 1.29 is 0 Å². The molecule has 0 fully saturated rings. The van der Waals surface area contributed by atoms with Crippen LogP contribution >= 0.6 is 0 Å². The number of hydrogen-bond donors (Lipinski definition) is 1. The second-order valence-electron chi connectivity index (χ2n) is 6.13. The van der Waals surface area contributed by atoms with Crippen molar-refractivity contribution >= 4 is 5.69 Å². The van der Waals surface area contributed by atoms with Gasteiger partial charge in [-0.2, -0.15) is 0 Å². The second-order valence-corrected chi connectivity index (χ2v) is 6.13. The SMILES string of the molecule is c1ccc2c(c1)CCNC2CN1CCCc2ccccc21. The monoisotopic (exact) mass is 278 g/mol. The molecular weight excluding hydrogens is 256 g/mol. The first-order valence-electron chi connectivity index (χ1n) is 8.06. The summed E-state index contributed by atoms with van der Waals surface area (Å²) in [7, 11) is 0. The average molecular weight is 278 g/mol. The highest BCUT2D eigenvalue weighted by molar-refractivity contribution is 5.55. The summed E-state index contributed by atoms with van der Waals surface area (Å²) < 4.78 is 0. The summed E-state index contributed by atoms with van der Waals surface area (Å²) in [5.74, 6) is 0. The first-order valence-corrected chi connectivity index (χ1v) is 8.06. The zero-order valence-electron chi connectivity index (χ0n) is 12.4. The molecule has 2 aromatic rings. The molecule has 0 radical (unpaired) electrons. The number of anilines is 1. The lowest BCUT2D eigenvalue weighted by atomic mass is 9.93. The summed E-state index contributed by atoms with van der Waals surface area (Å²) in [6.07, 6.45) is 3.65. The van der Waals surface area contributed by atoms with E-state index in [1.54, 1.807) is 0 Å². The van der Waals surface area contributed by atoms with Crippen LogP contribution in [0.25, 0.3) is 0 Å². The molecule has 2 heterocycles. The molecule has 0 saturated heterocycles. The van der Waals surface area contributed by atoms with Gasteiger partial charge in [0.05, 0.1) is 6.04 Å². The summed E-state index contributed by atoms with van der Waals surface area (Å²) in [4.78, 5) is 2.57. The van der Waals surface area contributed by atoms with Crippen LogP contribution in [0, 0.1) is 0 Å². The highest BCUT2D eigenvalue weighted by atomic mass is 15.2. The number of aryl methyl sites for hydroxylation is 1. The van der Waals surface area contributed by atoms with Gasteiger partial charge in [0.2, 0.25) is 0 Å². The van der Waals surface area contributed by atoms with E-state index >= 15 is 0 Å². The number of para-hydroxylation sites is 1. The average Bonchev–Trinajstić information content (AvgIpc) is 2.56. The van der Waals surface area contributed by atoms with E-state index in [0.29, 0.717) is 6.04 Å². The molecule has 1 atom stereocenters. The zero-order chi connectivity index (χ0) is 14.1. The molecular formula is C19H22N2. The van der Waals surface area contributed by atoms with Crippen molar-refractivity contribution in [2.75, 3.05) is 24.5 Å². The lowest BCUT2D eigenvalue weighted by molar-refractivity contribution is 0.489. The van der Waals surface area contributed by atoms with E-state index in [4.69, 9.17) is 0 Å². The first-order chi connectivity index (χ1) is 10.4. The molecule has 0 spiro atoms. The Bertz CT molecular complexity index is 579. The van der Waals surface area contributed by atoms with Crippen LogP contribution in [0.5, 0.6) is 0 Å². The molecule has 0 saturated carbocycles. The first kappa shape index (κ1) is 12.9. The molecule has 0 aromatic heterocycles. The van der Waals surface area contributed by atoms with Crippen LogP contribution in [-0.4, -0.2) is 19.6 Å². The van der Waals surface area contributed by atoms with Crippen LogP contribution in [0.3, 0.4) is 0 Å². The highest BCUT2D eigenvalue weighted by Gasteiger charge is 2.24. The maximum atomic E-state index is 3.71. The van der Waals surface area contributed by atoms with Gasteiger partial charge in [0.1, 0.15) is 0 Å². The molecule has 2 heteroatoms. The lowest BCUT2D eigenvalue weighted by Crippen LogP contribution is -2.41. The van der Waals surface area contributed by atoms with Crippen molar-refractivity contribution in [1.82, 2.24) is 5.32 Å². The minimum atomic E-state index is 0.459. The quantitative estimate of drug-likeness (QED) is 0.906. The summed E-state index contributed by atoms with van der Waals surface area (Å²) >= 11 is 0. The number of nitrogens with zero attached hydrogens (tertiary/aromatic N) is 1. The molecule has 21 heavy (non-hydrogen) atoms. The van der Waals surface area contributed by atoms with E-state index in [2.05, 4.69) is 58.7 Å². The van der Waals surface area contributed by atoms with E-state index < -0.39 is 0 Å². The maximum absolute atomic E-state index is 3.71. The van der Waals surface area contributed by atoms with Gasteiger partial charge >= 0.3 is 0 Å². The normalized spacial score (nSPS) is 20.8. The Morgan fingerprint density at radius 3 is 2.71 bits per heavy atom. The standard InChI is InChI=1S/C19H22N2/c1-3-9-17-15(6-1)11-12-20-18(17)14-21-13-5-8-16-7-2-4-10-19(16)21/h1-4,6-7,9-10,18,20H,5,8,11-14H2. The van der Waals surface area contributed by atoms with Crippen LogP contribution in [0.15, 0.2) is 48.5 Å². The largest absolute Gasteiger partial charge is 0.369 e. The minimum absolute atomic E-state index is 0.459. The third-order valence-corrected chi connectivity index (χ3v) is 4.82. The van der Waals surface area contributed by atoms with Crippen molar-refractivity contribution in [3.05, 3.63) is 65.2 Å². The van der Waals surface area contributed by atoms with E-state index in [-0.39, 0.29) is 0 Å². The molecule has 2 nitrogen and oxygen atoms in total. The number of fused-ring (bicyclic) bond motifs is 2. The molecule has 0 amide bonds. The third kappa shape index (κ3) is 2.44. The predicted octanol–water partition coefficient (Wildman–Crippen LogP) is 3.33. The third-order valence-electron chi connectivity index (χ3n) is 4.82. The van der Waals surface area contributed by atoms with E-state index in [0.717, 1.165) is 19.5 Å². The summed E-state index contributed by atoms with van der Waals surface area (Å²) in [5.41, 5.74) is 5.96. The Morgan fingerprint density at radius 1 is 0.952 bits per heavy atom. The Labute approximate surface area is 126 Å². The molecule has 1 unspecified atom stereocenters. The van der Waals surface area contributed by atoms with Crippen molar-refractivity contribution in [2.24, 2.45) is 0 Å². The Hall–Kier alpha value is -1.80. The van der Waals surface area contributed by atoms with Crippen LogP contribution < -0.4 is 10.2 Å². The van der Waals surface area contributed by atoms with Gasteiger partial charge in [-0.1, -0.05) is 42.5 Å². The summed E-state index contributed by atoms with van der Waals surface area (Å²) in [6.45, 7) is 3.35. The molecule has 4 rings (SSSR count). The second kappa shape index (κ2) is 5.53. The van der Waals surface area contributed by atoms with Crippen LogP contribution in [0.4, 0.5) is 5.69 Å². The van der Waals surface area contributed by atoms with Crippen molar-refractivity contribution in [3.8, 4) is 0 Å². The van der Waals surface area contributed by atoms with E-state index in [1.807, 2.05) is 0 Å². The fourth-order valence-electron chi connectivity index (χ4n) is 3.78. The summed E-state index contributed by atoms with van der Waals surface area (Å²) in [6, 6.07) is 18.3. The minimum Gasteiger partial charge on any atom is -0.369 e. The Balaban J connectivity index is 1.61. The fourth-order valence-corrected chi connectivity index (χ4v) is 3.78. The van der Waals surface area contributed by atoms with Crippen molar-refractivity contribution in [3.63, 3.8) is 0 Å². The topological polar surface area (TPSA) is 15.3 Å². The number of nitrogens with one attached hydrogen (secondary N) is 1. The molecule has 108 valence electrons. The van der Waals surface area contributed by atoms with Crippen molar-refractivity contribution in [1.29, 1.82) is 0 Å². The van der Waals surface area contributed by atoms with Gasteiger partial charge in [-0.25, -0.2) is 0 Å². The Morgan fingerprint density at radius 2 is 1.76 bits per heavy atom. The van der Waals surface area contributed by atoms with Gasteiger partial charge in [0, 0.05) is 18.8 Å². The molecule has 1 N–H and O–H groups in total. The molecule has 2 aliphatic heterocycles. The predicted molar refractivity (Wildman–Crippen MR) is 87.9 cm³/mol. The van der Waals surface area contributed by atoms with Gasteiger partial charge in [-0.05, 0) is 48.6 Å². The van der Waals surface area contributed by atoms with Crippen LogP contribution in [0.1, 0.15) is 29.2 Å². The lowest BCUT2D eigenvalue weighted by Gasteiger charge is -2.36. The van der Waals surface area contributed by atoms with E-state index in [9.17, 15) is 0 Å². The number of benzene rings is 2. The summed E-state index contributed by atoms with van der Waals surface area (Å²) in [5, 5.41) is 3.71.